The van der Waals surface area contributed by atoms with E-state index in [1.807, 2.05) is 4.90 Å². The van der Waals surface area contributed by atoms with Crippen LogP contribution in [0.3, 0.4) is 0 Å². The Bertz CT molecular complexity index is 482. The van der Waals surface area contributed by atoms with Crippen LogP contribution in [0.15, 0.2) is 18.2 Å². The van der Waals surface area contributed by atoms with Crippen LogP contribution in [-0.2, 0) is 4.79 Å². The molecule has 0 radical (unpaired) electrons. The van der Waals surface area contributed by atoms with Crippen LogP contribution < -0.4 is 10.5 Å². The minimum atomic E-state index is 0.103. The molecule has 2 rings (SSSR count). The van der Waals surface area contributed by atoms with Gasteiger partial charge >= 0.3 is 0 Å². The van der Waals surface area contributed by atoms with E-state index in [1.54, 1.807) is 18.2 Å². The van der Waals surface area contributed by atoms with Crippen LogP contribution >= 0.6 is 23.2 Å². The van der Waals surface area contributed by atoms with Crippen molar-refractivity contribution >= 4 is 29.1 Å². The minimum absolute atomic E-state index is 0.103. The number of carbonyl (C=O) groups is 1. The first-order valence-electron chi connectivity index (χ1n) is 6.66. The third-order valence-corrected chi connectivity index (χ3v) is 3.97. The zero-order chi connectivity index (χ0) is 14.5. The molecule has 1 aromatic carbocycles. The molecule has 0 bridgehead atoms. The fourth-order valence-electron chi connectivity index (χ4n) is 2.25. The second-order valence-corrected chi connectivity index (χ2v) is 5.75. The van der Waals surface area contributed by atoms with Gasteiger partial charge in [-0.3, -0.25) is 4.79 Å². The Balaban J connectivity index is 1.77. The summed E-state index contributed by atoms with van der Waals surface area (Å²) >= 11 is 11.8. The molecule has 1 fully saturated rings. The molecule has 0 spiro atoms. The summed E-state index contributed by atoms with van der Waals surface area (Å²) in [4.78, 5) is 13.8. The van der Waals surface area contributed by atoms with E-state index >= 15 is 0 Å². The van der Waals surface area contributed by atoms with Crippen molar-refractivity contribution in [3.63, 3.8) is 0 Å². The molecule has 110 valence electrons. The van der Waals surface area contributed by atoms with Gasteiger partial charge in [-0.05, 0) is 37.1 Å². The molecule has 1 saturated heterocycles. The Kier molecular flexibility index (Phi) is 5.52. The number of amides is 1. The fraction of sp³-hybridized carbons (Fsp3) is 0.500. The van der Waals surface area contributed by atoms with Crippen molar-refractivity contribution in [2.45, 2.75) is 12.8 Å². The number of hydrogen-bond donors (Lipinski definition) is 1. The molecule has 0 aromatic heterocycles. The number of ether oxygens (including phenoxy) is 1. The summed E-state index contributed by atoms with van der Waals surface area (Å²) in [5.41, 5.74) is 5.61. The monoisotopic (exact) mass is 316 g/mol. The van der Waals surface area contributed by atoms with E-state index < -0.39 is 0 Å². The van der Waals surface area contributed by atoms with Crippen LogP contribution in [0.5, 0.6) is 5.75 Å². The van der Waals surface area contributed by atoms with E-state index in [4.69, 9.17) is 33.7 Å². The summed E-state index contributed by atoms with van der Waals surface area (Å²) < 4.78 is 5.51. The Labute approximate surface area is 128 Å². The van der Waals surface area contributed by atoms with Gasteiger partial charge in [-0.15, -0.1) is 0 Å². The summed E-state index contributed by atoms with van der Waals surface area (Å²) in [6.07, 6.45) is 1.34. The Hall–Kier alpha value is -0.970. The second kappa shape index (κ2) is 7.16. The lowest BCUT2D eigenvalue weighted by molar-refractivity contribution is -0.130. The molecule has 1 aromatic rings. The van der Waals surface area contributed by atoms with Gasteiger partial charge in [-0.1, -0.05) is 23.2 Å². The highest BCUT2D eigenvalue weighted by Gasteiger charge is 2.24. The average Bonchev–Trinajstić information content (AvgIpc) is 2.90. The van der Waals surface area contributed by atoms with Crippen molar-refractivity contribution in [1.82, 2.24) is 4.90 Å². The molecule has 1 aliphatic rings. The first kappa shape index (κ1) is 15.4. The molecule has 6 heteroatoms. The summed E-state index contributed by atoms with van der Waals surface area (Å²) in [6.45, 7) is 2.50. The second-order valence-electron chi connectivity index (χ2n) is 4.90. The predicted octanol–water partition coefficient (Wildman–Crippen LogP) is 2.57. The maximum Gasteiger partial charge on any atom is 0.226 e. The Morgan fingerprint density at radius 2 is 2.25 bits per heavy atom. The average molecular weight is 317 g/mol. The molecule has 4 nitrogen and oxygen atoms in total. The van der Waals surface area contributed by atoms with Crippen LogP contribution in [0.25, 0.3) is 0 Å². The molecule has 1 heterocycles. The van der Waals surface area contributed by atoms with Gasteiger partial charge in [0.05, 0.1) is 18.1 Å². The number of likely N-dealkylation sites (tertiary alicyclic amines) is 1. The first-order valence-corrected chi connectivity index (χ1v) is 7.41. The van der Waals surface area contributed by atoms with Crippen molar-refractivity contribution in [2.75, 3.05) is 26.2 Å². The molecule has 1 unspecified atom stereocenters. The quantitative estimate of drug-likeness (QED) is 0.908. The van der Waals surface area contributed by atoms with Crippen LogP contribution in [0.4, 0.5) is 0 Å². The van der Waals surface area contributed by atoms with Crippen LogP contribution in [0, 0.1) is 5.92 Å². The number of hydrogen-bond acceptors (Lipinski definition) is 3. The van der Waals surface area contributed by atoms with Crippen molar-refractivity contribution in [3.05, 3.63) is 28.2 Å². The van der Waals surface area contributed by atoms with Gasteiger partial charge in [0, 0.05) is 18.1 Å². The van der Waals surface area contributed by atoms with E-state index in [1.165, 1.54) is 0 Å². The number of carbonyl (C=O) groups excluding carboxylic acids is 1. The molecular weight excluding hydrogens is 299 g/mol. The van der Waals surface area contributed by atoms with Gasteiger partial charge in [0.25, 0.3) is 0 Å². The van der Waals surface area contributed by atoms with Crippen molar-refractivity contribution in [3.8, 4) is 5.75 Å². The molecule has 1 aliphatic heterocycles. The maximum absolute atomic E-state index is 12.0. The lowest BCUT2D eigenvalue weighted by atomic mass is 10.1. The van der Waals surface area contributed by atoms with Crippen molar-refractivity contribution in [1.29, 1.82) is 0 Å². The summed E-state index contributed by atoms with van der Waals surface area (Å²) in [5, 5.41) is 1.01. The SMILES string of the molecule is NCC1CCN(C(=O)CCOc2ccc(Cl)cc2Cl)C1. The van der Waals surface area contributed by atoms with Gasteiger partial charge < -0.3 is 15.4 Å². The van der Waals surface area contributed by atoms with Gasteiger partial charge in [0.1, 0.15) is 5.75 Å². The molecule has 20 heavy (non-hydrogen) atoms. The highest BCUT2D eigenvalue weighted by Crippen LogP contribution is 2.27. The fourth-order valence-corrected chi connectivity index (χ4v) is 2.71. The van der Waals surface area contributed by atoms with Gasteiger partial charge in [-0.2, -0.15) is 0 Å². The van der Waals surface area contributed by atoms with E-state index in [-0.39, 0.29) is 5.91 Å². The smallest absolute Gasteiger partial charge is 0.226 e. The maximum atomic E-state index is 12.0. The predicted molar refractivity (Wildman–Crippen MR) is 80.3 cm³/mol. The van der Waals surface area contributed by atoms with Gasteiger partial charge in [0.2, 0.25) is 5.91 Å². The van der Waals surface area contributed by atoms with E-state index in [0.29, 0.717) is 41.3 Å². The topological polar surface area (TPSA) is 55.6 Å². The van der Waals surface area contributed by atoms with Gasteiger partial charge in [-0.25, -0.2) is 0 Å². The zero-order valence-corrected chi connectivity index (χ0v) is 12.7. The summed E-state index contributed by atoms with van der Waals surface area (Å²) in [5.74, 6) is 1.08. The third-order valence-electron chi connectivity index (χ3n) is 3.44. The molecular formula is C14H18Cl2N2O2. The molecule has 1 atom stereocenters. The summed E-state index contributed by atoms with van der Waals surface area (Å²) in [7, 11) is 0. The van der Waals surface area contributed by atoms with E-state index in [9.17, 15) is 4.79 Å². The highest BCUT2D eigenvalue weighted by atomic mass is 35.5. The minimum Gasteiger partial charge on any atom is -0.491 e. The molecule has 0 saturated carbocycles. The number of halogens is 2. The van der Waals surface area contributed by atoms with Gasteiger partial charge in [0.15, 0.2) is 0 Å². The number of rotatable bonds is 5. The largest absolute Gasteiger partial charge is 0.491 e. The molecule has 0 aliphatic carbocycles. The molecule has 2 N–H and O–H groups in total. The van der Waals surface area contributed by atoms with Crippen LogP contribution in [0.2, 0.25) is 10.0 Å². The summed E-state index contributed by atoms with van der Waals surface area (Å²) in [6, 6.07) is 5.03. The van der Waals surface area contributed by atoms with E-state index in [0.717, 1.165) is 19.5 Å². The standard InChI is InChI=1S/C14H18Cl2N2O2/c15-11-1-2-13(12(16)7-11)20-6-4-14(19)18-5-3-10(8-17)9-18/h1-2,7,10H,3-6,8-9,17H2. The normalized spacial score (nSPS) is 18.4. The Morgan fingerprint density at radius 1 is 1.45 bits per heavy atom. The lowest BCUT2D eigenvalue weighted by Gasteiger charge is -2.16. The number of benzene rings is 1. The van der Waals surface area contributed by atoms with Crippen LogP contribution in [0.1, 0.15) is 12.8 Å². The number of nitrogens with zero attached hydrogens (tertiary/aromatic N) is 1. The number of nitrogens with two attached hydrogens (primary N) is 1. The van der Waals surface area contributed by atoms with Crippen molar-refractivity contribution < 1.29 is 9.53 Å². The van der Waals surface area contributed by atoms with E-state index in [2.05, 4.69) is 0 Å². The molecule has 1 amide bonds. The lowest BCUT2D eigenvalue weighted by Crippen LogP contribution is -2.30. The highest BCUT2D eigenvalue weighted by molar-refractivity contribution is 6.35. The first-order chi connectivity index (χ1) is 9.60. The zero-order valence-electron chi connectivity index (χ0n) is 11.1. The Morgan fingerprint density at radius 3 is 2.90 bits per heavy atom. The third kappa shape index (κ3) is 4.01. The van der Waals surface area contributed by atoms with Crippen molar-refractivity contribution in [2.24, 2.45) is 11.7 Å². The van der Waals surface area contributed by atoms with Crippen LogP contribution in [-0.4, -0.2) is 37.0 Å².